The molecule has 0 spiro atoms. The maximum atomic E-state index is 9.99. The van der Waals surface area contributed by atoms with Gasteiger partial charge in [0.25, 0.3) is 0 Å². The van der Waals surface area contributed by atoms with E-state index in [4.69, 9.17) is 0 Å². The van der Waals surface area contributed by atoms with Crippen LogP contribution in [0.1, 0.15) is 18.4 Å². The molecule has 67 valence electrons. The van der Waals surface area contributed by atoms with Crippen LogP contribution in [0.15, 0.2) is 30.3 Å². The first-order valence-electron chi connectivity index (χ1n) is 4.51. The van der Waals surface area contributed by atoms with Gasteiger partial charge >= 0.3 is 0 Å². The predicted octanol–water partition coefficient (Wildman–Crippen LogP) is 2.44. The van der Waals surface area contributed by atoms with Crippen LogP contribution in [0.25, 0.3) is 0 Å². The van der Waals surface area contributed by atoms with Crippen LogP contribution in [0.3, 0.4) is 0 Å². The van der Waals surface area contributed by atoms with Crippen molar-refractivity contribution in [2.75, 3.05) is 6.61 Å². The van der Waals surface area contributed by atoms with Crippen LogP contribution >= 0.6 is 0 Å². The summed E-state index contributed by atoms with van der Waals surface area (Å²) >= 11 is 0. The lowest BCUT2D eigenvalue weighted by molar-refractivity contribution is 0.239. The molecule has 0 heterocycles. The summed E-state index contributed by atoms with van der Waals surface area (Å²) in [4.78, 5) is 0. The van der Waals surface area contributed by atoms with Gasteiger partial charge in [0.1, 0.15) is 6.61 Å². The largest absolute Gasteiger partial charge is 0.223 e. The third-order valence-corrected chi connectivity index (χ3v) is 1.81. The molecule has 1 rings (SSSR count). The van der Waals surface area contributed by atoms with Crippen molar-refractivity contribution < 1.29 is 5.11 Å². The van der Waals surface area contributed by atoms with Crippen LogP contribution in [-0.2, 0) is 11.5 Å². The van der Waals surface area contributed by atoms with E-state index >= 15 is 0 Å². The average Bonchev–Trinajstić information content (AvgIpc) is 2.19. The van der Waals surface area contributed by atoms with E-state index < -0.39 is 0 Å². The zero-order valence-electron chi connectivity index (χ0n) is 7.62. The first kappa shape index (κ1) is 9.83. The first-order valence-corrected chi connectivity index (χ1v) is 4.51. The Morgan fingerprint density at radius 1 is 1.08 bits per heavy atom. The molecule has 1 aromatic rings. The molecule has 0 atom stereocenters. The van der Waals surface area contributed by atoms with E-state index in [1.165, 1.54) is 5.56 Å². The molecule has 0 unspecified atom stereocenters. The summed E-state index contributed by atoms with van der Waals surface area (Å²) in [6.07, 6.45) is 2.92. The van der Waals surface area contributed by atoms with Crippen LogP contribution in [0.5, 0.6) is 0 Å². The van der Waals surface area contributed by atoms with Gasteiger partial charge in [0.05, 0.1) is 0 Å². The minimum Gasteiger partial charge on any atom is -0.223 e. The quantitative estimate of drug-likeness (QED) is 0.494. The highest BCUT2D eigenvalue weighted by Crippen LogP contribution is 2.03. The zero-order valence-corrected chi connectivity index (χ0v) is 7.62. The van der Waals surface area contributed by atoms with Crippen molar-refractivity contribution in [3.8, 4) is 11.8 Å². The van der Waals surface area contributed by atoms with Gasteiger partial charge in [0.15, 0.2) is 0 Å². The highest BCUT2D eigenvalue weighted by Gasteiger charge is 1.88. The summed E-state index contributed by atoms with van der Waals surface area (Å²) in [6.45, 7) is -0.272. The second-order valence-electron chi connectivity index (χ2n) is 2.84. The highest BCUT2D eigenvalue weighted by molar-refractivity contribution is 5.14. The maximum absolute atomic E-state index is 9.99. The third-order valence-electron chi connectivity index (χ3n) is 1.81. The fraction of sp³-hybridized carbons (Fsp3) is 0.333. The molecule has 0 aromatic heterocycles. The number of rotatable bonds is 3. The number of hydrogen-bond donors (Lipinski definition) is 0. The summed E-state index contributed by atoms with van der Waals surface area (Å²) in [5.74, 6) is 5.37. The molecular formula is C12H13O. The minimum atomic E-state index is -0.272. The molecule has 0 bridgehead atoms. The SMILES string of the molecule is [O]CC#CCCCc1ccccc1. The van der Waals surface area contributed by atoms with E-state index in [9.17, 15) is 5.11 Å². The lowest BCUT2D eigenvalue weighted by atomic mass is 10.1. The van der Waals surface area contributed by atoms with Gasteiger partial charge in [0.2, 0.25) is 0 Å². The maximum Gasteiger partial charge on any atom is 0.143 e. The number of unbranched alkanes of at least 4 members (excludes halogenated alkanes) is 1. The Morgan fingerprint density at radius 3 is 2.54 bits per heavy atom. The lowest BCUT2D eigenvalue weighted by Gasteiger charge is -1.96. The van der Waals surface area contributed by atoms with Crippen molar-refractivity contribution in [1.82, 2.24) is 0 Å². The van der Waals surface area contributed by atoms with Crippen molar-refractivity contribution in [2.45, 2.75) is 19.3 Å². The van der Waals surface area contributed by atoms with Gasteiger partial charge in [-0.1, -0.05) is 36.3 Å². The van der Waals surface area contributed by atoms with Gasteiger partial charge in [-0.2, -0.15) is 0 Å². The smallest absolute Gasteiger partial charge is 0.143 e. The van der Waals surface area contributed by atoms with Gasteiger partial charge in [-0.3, -0.25) is 0 Å². The van der Waals surface area contributed by atoms with Crippen molar-refractivity contribution in [1.29, 1.82) is 0 Å². The average molecular weight is 173 g/mol. The van der Waals surface area contributed by atoms with E-state index in [0.717, 1.165) is 19.3 Å². The van der Waals surface area contributed by atoms with Gasteiger partial charge in [-0.25, -0.2) is 5.11 Å². The Bertz CT molecular complexity index is 279. The van der Waals surface area contributed by atoms with E-state index in [1.807, 2.05) is 18.2 Å². The van der Waals surface area contributed by atoms with Crippen LogP contribution in [-0.4, -0.2) is 6.61 Å². The second-order valence-corrected chi connectivity index (χ2v) is 2.84. The molecular weight excluding hydrogens is 160 g/mol. The number of benzene rings is 1. The molecule has 1 nitrogen and oxygen atoms in total. The van der Waals surface area contributed by atoms with Gasteiger partial charge in [-0.15, -0.1) is 5.92 Å². The van der Waals surface area contributed by atoms with Crippen LogP contribution < -0.4 is 0 Å². The molecule has 0 aliphatic rings. The summed E-state index contributed by atoms with van der Waals surface area (Å²) in [6, 6.07) is 10.3. The van der Waals surface area contributed by atoms with Crippen LogP contribution in [0.2, 0.25) is 0 Å². The summed E-state index contributed by atoms with van der Waals surface area (Å²) in [7, 11) is 0. The molecule has 1 aromatic carbocycles. The fourth-order valence-corrected chi connectivity index (χ4v) is 1.16. The Labute approximate surface area is 79.4 Å². The first-order chi connectivity index (χ1) is 6.43. The van der Waals surface area contributed by atoms with Crippen LogP contribution in [0.4, 0.5) is 0 Å². The molecule has 13 heavy (non-hydrogen) atoms. The van der Waals surface area contributed by atoms with Crippen molar-refractivity contribution in [3.63, 3.8) is 0 Å². The summed E-state index contributed by atoms with van der Waals surface area (Å²) in [5.41, 5.74) is 1.34. The Balaban J connectivity index is 2.20. The molecule has 0 aliphatic heterocycles. The molecule has 1 heteroatoms. The highest BCUT2D eigenvalue weighted by atomic mass is 16.2. The van der Waals surface area contributed by atoms with E-state index in [0.29, 0.717) is 0 Å². The van der Waals surface area contributed by atoms with Gasteiger partial charge in [-0.05, 0) is 18.4 Å². The summed E-state index contributed by atoms with van der Waals surface area (Å²) < 4.78 is 0. The second kappa shape index (κ2) is 6.28. The van der Waals surface area contributed by atoms with Gasteiger partial charge in [0, 0.05) is 6.42 Å². The van der Waals surface area contributed by atoms with E-state index in [1.54, 1.807) is 0 Å². The van der Waals surface area contributed by atoms with Crippen LogP contribution in [0, 0.1) is 11.8 Å². The van der Waals surface area contributed by atoms with Crippen molar-refractivity contribution >= 4 is 0 Å². The normalized spacial score (nSPS) is 9.00. The van der Waals surface area contributed by atoms with E-state index in [2.05, 4.69) is 24.0 Å². The molecule has 0 fully saturated rings. The molecule has 0 amide bonds. The standard InChI is InChI=1S/C12H13O/c13-11-7-2-1-4-8-12-9-5-3-6-10-12/h3,5-6,9-10H,1,4,8,11H2. The van der Waals surface area contributed by atoms with E-state index in [-0.39, 0.29) is 6.61 Å². The van der Waals surface area contributed by atoms with Crippen molar-refractivity contribution in [3.05, 3.63) is 35.9 Å². The number of hydrogen-bond acceptors (Lipinski definition) is 0. The Kier molecular flexibility index (Phi) is 4.74. The number of aryl methyl sites for hydroxylation is 1. The lowest BCUT2D eigenvalue weighted by Crippen LogP contribution is -1.83. The molecule has 0 N–H and O–H groups in total. The summed E-state index contributed by atoms with van der Waals surface area (Å²) in [5, 5.41) is 9.99. The molecule has 1 radical (unpaired) electrons. The molecule has 0 saturated heterocycles. The molecule has 0 aliphatic carbocycles. The Morgan fingerprint density at radius 2 is 1.85 bits per heavy atom. The fourth-order valence-electron chi connectivity index (χ4n) is 1.16. The van der Waals surface area contributed by atoms with Crippen molar-refractivity contribution in [2.24, 2.45) is 0 Å². The third kappa shape index (κ3) is 4.35. The predicted molar refractivity (Wildman–Crippen MR) is 52.7 cm³/mol. The topological polar surface area (TPSA) is 19.9 Å². The zero-order chi connectivity index (χ0) is 9.36. The minimum absolute atomic E-state index is 0.272. The Hall–Kier alpha value is -1.26. The molecule has 0 saturated carbocycles. The monoisotopic (exact) mass is 173 g/mol. The van der Waals surface area contributed by atoms with Gasteiger partial charge < -0.3 is 0 Å².